The maximum atomic E-state index is 6.07. The molecule has 3 rings (SSSR count). The number of nitrogens with two attached hydrogens (primary N) is 1. The molecule has 0 saturated carbocycles. The average Bonchev–Trinajstić information content (AvgIpc) is 3.00. The lowest BCUT2D eigenvalue weighted by Crippen LogP contribution is -2.37. The van der Waals surface area contributed by atoms with Crippen LogP contribution in [0.5, 0.6) is 0 Å². The molecule has 0 atom stereocenters. The molecule has 0 spiro atoms. The van der Waals surface area contributed by atoms with Gasteiger partial charge < -0.3 is 10.3 Å². The molecule has 150 valence electrons. The molecular formula is C23H33N5. The summed E-state index contributed by atoms with van der Waals surface area (Å²) in [6, 6.07) is 10.9. The van der Waals surface area contributed by atoms with E-state index in [0.717, 1.165) is 49.2 Å². The lowest BCUT2D eigenvalue weighted by atomic mass is 10.0. The van der Waals surface area contributed by atoms with Crippen LogP contribution in [0.3, 0.4) is 0 Å². The molecule has 0 fully saturated rings. The van der Waals surface area contributed by atoms with E-state index in [1.807, 2.05) is 6.07 Å². The number of aromatic nitrogens is 3. The molecule has 2 aromatic heterocycles. The van der Waals surface area contributed by atoms with Gasteiger partial charge in [-0.05, 0) is 51.4 Å². The van der Waals surface area contributed by atoms with Crippen LogP contribution in [0, 0.1) is 0 Å². The number of nitrogen functional groups attached to an aromatic ring is 1. The van der Waals surface area contributed by atoms with Gasteiger partial charge in [0.15, 0.2) is 5.82 Å². The maximum absolute atomic E-state index is 6.07. The van der Waals surface area contributed by atoms with E-state index in [4.69, 9.17) is 10.7 Å². The molecule has 0 saturated heterocycles. The minimum absolute atomic E-state index is 0.163. The average molecular weight is 380 g/mol. The number of anilines is 1. The third-order valence-electron chi connectivity index (χ3n) is 5.46. The van der Waals surface area contributed by atoms with Crippen molar-refractivity contribution in [3.8, 4) is 0 Å². The van der Waals surface area contributed by atoms with Crippen molar-refractivity contribution >= 4 is 16.9 Å². The molecule has 0 bridgehead atoms. The summed E-state index contributed by atoms with van der Waals surface area (Å²) in [4.78, 5) is 11.4. The number of rotatable bonds is 7. The van der Waals surface area contributed by atoms with Gasteiger partial charge >= 0.3 is 0 Å². The van der Waals surface area contributed by atoms with E-state index in [9.17, 15) is 0 Å². The maximum Gasteiger partial charge on any atom is 0.151 e. The van der Waals surface area contributed by atoms with Crippen molar-refractivity contribution in [3.63, 3.8) is 0 Å². The molecule has 5 heteroatoms. The summed E-state index contributed by atoms with van der Waals surface area (Å²) in [7, 11) is 2.17. The monoisotopic (exact) mass is 379 g/mol. The Labute approximate surface area is 168 Å². The molecule has 0 radical (unpaired) electrons. The summed E-state index contributed by atoms with van der Waals surface area (Å²) >= 11 is 0. The van der Waals surface area contributed by atoms with Crippen LogP contribution in [0.4, 0.5) is 5.82 Å². The van der Waals surface area contributed by atoms with Gasteiger partial charge in [-0.2, -0.15) is 0 Å². The number of nitrogens with zero attached hydrogens (tertiary/aromatic N) is 4. The summed E-state index contributed by atoms with van der Waals surface area (Å²) in [5.74, 6) is 1.60. The number of benzene rings is 1. The Kier molecular flexibility index (Phi) is 6.04. The van der Waals surface area contributed by atoms with E-state index < -0.39 is 0 Å². The van der Waals surface area contributed by atoms with E-state index >= 15 is 0 Å². The van der Waals surface area contributed by atoms with E-state index in [1.54, 1.807) is 6.20 Å². The fourth-order valence-corrected chi connectivity index (χ4v) is 3.27. The first-order chi connectivity index (χ1) is 13.3. The molecule has 28 heavy (non-hydrogen) atoms. The number of pyridine rings is 1. The number of fused-ring (bicyclic) bond motifs is 1. The fourth-order valence-electron chi connectivity index (χ4n) is 3.27. The minimum atomic E-state index is 0.163. The van der Waals surface area contributed by atoms with Gasteiger partial charge in [0.25, 0.3) is 0 Å². The van der Waals surface area contributed by atoms with Crippen LogP contribution in [0.15, 0.2) is 36.5 Å². The number of unbranched alkanes of at least 4 members (excludes halogenated alkanes) is 1. The van der Waals surface area contributed by atoms with Gasteiger partial charge in [0.05, 0.1) is 5.52 Å². The third-order valence-corrected chi connectivity index (χ3v) is 5.46. The predicted molar refractivity (Wildman–Crippen MR) is 117 cm³/mol. The van der Waals surface area contributed by atoms with Crippen LogP contribution in [-0.2, 0) is 19.5 Å². The van der Waals surface area contributed by atoms with Crippen molar-refractivity contribution in [2.45, 2.75) is 65.6 Å². The molecule has 0 unspecified atom stereocenters. The first-order valence-electron chi connectivity index (χ1n) is 10.2. The second-order valence-electron chi connectivity index (χ2n) is 8.63. The van der Waals surface area contributed by atoms with E-state index in [1.165, 1.54) is 11.1 Å². The largest absolute Gasteiger partial charge is 0.382 e. The lowest BCUT2D eigenvalue weighted by Gasteiger charge is -2.31. The second-order valence-corrected chi connectivity index (χ2v) is 8.63. The van der Waals surface area contributed by atoms with Crippen molar-refractivity contribution in [1.29, 1.82) is 0 Å². The number of hydrogen-bond donors (Lipinski definition) is 1. The van der Waals surface area contributed by atoms with Crippen molar-refractivity contribution in [1.82, 2.24) is 19.4 Å². The van der Waals surface area contributed by atoms with Gasteiger partial charge in [0.1, 0.15) is 11.3 Å². The predicted octanol–water partition coefficient (Wildman–Crippen LogP) is 4.63. The molecule has 0 aliphatic heterocycles. The zero-order valence-electron chi connectivity index (χ0n) is 17.9. The Morgan fingerprint density at radius 3 is 2.39 bits per heavy atom. The molecule has 0 amide bonds. The van der Waals surface area contributed by atoms with E-state index in [0.29, 0.717) is 5.82 Å². The van der Waals surface area contributed by atoms with E-state index in [2.05, 4.69) is 73.5 Å². The highest BCUT2D eigenvalue weighted by Gasteiger charge is 2.17. The summed E-state index contributed by atoms with van der Waals surface area (Å²) in [5, 5.41) is 0. The SMILES string of the molecule is CCCCc1nc2c(N)nccc2n1Cc1ccc(CN(C)C(C)(C)C)cc1. The second kappa shape index (κ2) is 8.31. The zero-order valence-corrected chi connectivity index (χ0v) is 17.9. The van der Waals surface area contributed by atoms with Crippen molar-refractivity contribution in [2.75, 3.05) is 12.8 Å². The molecule has 2 N–H and O–H groups in total. The van der Waals surface area contributed by atoms with E-state index in [-0.39, 0.29) is 5.54 Å². The molecule has 0 aliphatic rings. The zero-order chi connectivity index (χ0) is 20.3. The molecular weight excluding hydrogens is 346 g/mol. The number of hydrogen-bond acceptors (Lipinski definition) is 4. The molecule has 2 heterocycles. The summed E-state index contributed by atoms with van der Waals surface area (Å²) < 4.78 is 2.29. The van der Waals surface area contributed by atoms with Crippen LogP contribution < -0.4 is 5.73 Å². The number of imidazole rings is 1. The number of aryl methyl sites for hydroxylation is 1. The van der Waals surface area contributed by atoms with Crippen LogP contribution in [-0.4, -0.2) is 32.0 Å². The Bertz CT molecular complexity index is 919. The highest BCUT2D eigenvalue weighted by atomic mass is 15.2. The molecule has 5 nitrogen and oxygen atoms in total. The first kappa shape index (κ1) is 20.3. The first-order valence-corrected chi connectivity index (χ1v) is 10.2. The molecule has 0 aliphatic carbocycles. The van der Waals surface area contributed by atoms with Gasteiger partial charge in [-0.1, -0.05) is 37.6 Å². The van der Waals surface area contributed by atoms with Gasteiger partial charge in [0.2, 0.25) is 0 Å². The normalized spacial score (nSPS) is 12.2. The van der Waals surface area contributed by atoms with Gasteiger partial charge in [-0.25, -0.2) is 9.97 Å². The van der Waals surface area contributed by atoms with Crippen LogP contribution in [0.25, 0.3) is 11.0 Å². The van der Waals surface area contributed by atoms with Crippen LogP contribution >= 0.6 is 0 Å². The van der Waals surface area contributed by atoms with Gasteiger partial charge in [-0.15, -0.1) is 0 Å². The standard InChI is InChI=1S/C23H33N5/c1-6-7-8-20-26-21-19(13-14-25-22(21)24)28(20)16-18-11-9-17(10-12-18)15-27(5)23(2,3)4/h9-14H,6-8,15-16H2,1-5H3,(H2,24,25). The third kappa shape index (κ3) is 4.53. The van der Waals surface area contributed by atoms with Crippen LogP contribution in [0.2, 0.25) is 0 Å². The fraction of sp³-hybridized carbons (Fsp3) is 0.478. The van der Waals surface area contributed by atoms with Gasteiger partial charge in [-0.3, -0.25) is 4.90 Å². The van der Waals surface area contributed by atoms with Crippen molar-refractivity contribution in [2.24, 2.45) is 0 Å². The van der Waals surface area contributed by atoms with Crippen molar-refractivity contribution in [3.05, 3.63) is 53.5 Å². The quantitative estimate of drug-likeness (QED) is 0.650. The van der Waals surface area contributed by atoms with Gasteiger partial charge in [0, 0.05) is 31.2 Å². The van der Waals surface area contributed by atoms with Crippen molar-refractivity contribution < 1.29 is 0 Å². The minimum Gasteiger partial charge on any atom is -0.382 e. The summed E-state index contributed by atoms with van der Waals surface area (Å²) in [5.41, 5.74) is 10.7. The summed E-state index contributed by atoms with van der Waals surface area (Å²) in [6.07, 6.45) is 4.99. The topological polar surface area (TPSA) is 60.0 Å². The smallest absolute Gasteiger partial charge is 0.151 e. The Morgan fingerprint density at radius 1 is 1.07 bits per heavy atom. The van der Waals surface area contributed by atoms with Crippen LogP contribution in [0.1, 0.15) is 57.5 Å². The molecule has 3 aromatic rings. The highest BCUT2D eigenvalue weighted by molar-refractivity contribution is 5.85. The molecule has 1 aromatic carbocycles. The Balaban J connectivity index is 1.85. The summed E-state index contributed by atoms with van der Waals surface area (Å²) in [6.45, 7) is 10.7. The Hall–Kier alpha value is -2.40. The highest BCUT2D eigenvalue weighted by Crippen LogP contribution is 2.23. The Morgan fingerprint density at radius 2 is 1.75 bits per heavy atom. The lowest BCUT2D eigenvalue weighted by molar-refractivity contribution is 0.167.